The molecule has 0 saturated carbocycles. The van der Waals surface area contributed by atoms with Crippen molar-refractivity contribution in [3.8, 4) is 0 Å². The molecule has 5 heterocycles. The number of piperidine rings is 1. The zero-order valence-corrected chi connectivity index (χ0v) is 17.1. The Labute approximate surface area is 175 Å². The van der Waals surface area contributed by atoms with Crippen molar-refractivity contribution in [3.63, 3.8) is 0 Å². The molecule has 0 bridgehead atoms. The normalized spacial score (nSPS) is 18.8. The second kappa shape index (κ2) is 8.17. The highest BCUT2D eigenvalue weighted by atomic mass is 15.3. The van der Waals surface area contributed by atoms with E-state index in [1.165, 1.54) is 5.56 Å². The fourth-order valence-corrected chi connectivity index (χ4v) is 4.31. The second-order valence-electron chi connectivity index (χ2n) is 7.58. The standard InChI is InChI=1S/C21H25N9/c1-22-18-15-7-13-29(20-23-8-4-9-24-20)14-16(15)27-19(28-18)17-6-2-3-12-30(17)21-25-10-5-11-26-21/h4-5,8-11,17H,2-3,6-7,12-14H2,1H3,(H,22,27,28). The summed E-state index contributed by atoms with van der Waals surface area (Å²) < 4.78 is 0. The predicted molar refractivity (Wildman–Crippen MR) is 114 cm³/mol. The van der Waals surface area contributed by atoms with Crippen LogP contribution in [-0.2, 0) is 13.0 Å². The number of fused-ring (bicyclic) bond motifs is 1. The third-order valence-corrected chi connectivity index (χ3v) is 5.76. The van der Waals surface area contributed by atoms with Crippen molar-refractivity contribution in [3.05, 3.63) is 54.0 Å². The van der Waals surface area contributed by atoms with E-state index in [-0.39, 0.29) is 6.04 Å². The number of rotatable bonds is 4. The van der Waals surface area contributed by atoms with E-state index in [2.05, 4.69) is 35.1 Å². The van der Waals surface area contributed by atoms with E-state index in [4.69, 9.17) is 9.97 Å². The molecule has 3 aromatic rings. The van der Waals surface area contributed by atoms with Gasteiger partial charge in [0.15, 0.2) is 5.82 Å². The van der Waals surface area contributed by atoms with E-state index in [1.54, 1.807) is 24.8 Å². The summed E-state index contributed by atoms with van der Waals surface area (Å²) in [5.74, 6) is 3.24. The molecule has 154 valence electrons. The van der Waals surface area contributed by atoms with Crippen LogP contribution >= 0.6 is 0 Å². The van der Waals surface area contributed by atoms with Crippen LogP contribution in [0.1, 0.15) is 42.4 Å². The lowest BCUT2D eigenvalue weighted by molar-refractivity contribution is 0.447. The zero-order chi connectivity index (χ0) is 20.3. The van der Waals surface area contributed by atoms with Crippen molar-refractivity contribution in [2.75, 3.05) is 35.3 Å². The van der Waals surface area contributed by atoms with Crippen LogP contribution in [0.5, 0.6) is 0 Å². The Kier molecular flexibility index (Phi) is 5.08. The van der Waals surface area contributed by atoms with E-state index in [9.17, 15) is 0 Å². The Hall–Kier alpha value is -3.36. The van der Waals surface area contributed by atoms with E-state index in [0.29, 0.717) is 6.54 Å². The molecule has 2 aliphatic rings. The largest absolute Gasteiger partial charge is 0.373 e. The van der Waals surface area contributed by atoms with Crippen LogP contribution in [0.15, 0.2) is 36.9 Å². The first-order chi connectivity index (χ1) is 14.8. The van der Waals surface area contributed by atoms with Crippen molar-refractivity contribution in [2.24, 2.45) is 0 Å². The molecule has 3 aromatic heterocycles. The van der Waals surface area contributed by atoms with Gasteiger partial charge in [-0.05, 0) is 37.8 Å². The van der Waals surface area contributed by atoms with E-state index in [1.807, 2.05) is 19.2 Å². The highest BCUT2D eigenvalue weighted by molar-refractivity contribution is 5.51. The molecule has 1 fully saturated rings. The second-order valence-corrected chi connectivity index (χ2v) is 7.58. The summed E-state index contributed by atoms with van der Waals surface area (Å²) >= 11 is 0. The predicted octanol–water partition coefficient (Wildman–Crippen LogP) is 2.39. The maximum absolute atomic E-state index is 5.05. The van der Waals surface area contributed by atoms with Gasteiger partial charge in [-0.25, -0.2) is 29.9 Å². The lowest BCUT2D eigenvalue weighted by atomic mass is 10.00. The fraction of sp³-hybridized carbons (Fsp3) is 0.429. The van der Waals surface area contributed by atoms with Crippen LogP contribution in [0.25, 0.3) is 0 Å². The first-order valence-corrected chi connectivity index (χ1v) is 10.5. The van der Waals surface area contributed by atoms with Gasteiger partial charge in [-0.1, -0.05) is 0 Å². The number of hydrogen-bond donors (Lipinski definition) is 1. The number of anilines is 3. The van der Waals surface area contributed by atoms with E-state index >= 15 is 0 Å². The molecule has 0 amide bonds. The Morgan fingerprint density at radius 1 is 0.900 bits per heavy atom. The molecule has 9 heteroatoms. The first kappa shape index (κ1) is 18.7. The van der Waals surface area contributed by atoms with Gasteiger partial charge in [0.1, 0.15) is 5.82 Å². The molecule has 9 nitrogen and oxygen atoms in total. The van der Waals surface area contributed by atoms with Crippen molar-refractivity contribution in [1.29, 1.82) is 0 Å². The molecular formula is C21H25N9. The van der Waals surface area contributed by atoms with E-state index < -0.39 is 0 Å². The SMILES string of the molecule is CNc1nc(C2CCCCN2c2ncccn2)nc2c1CCN(c1ncccn1)C2. The van der Waals surface area contributed by atoms with Gasteiger partial charge in [-0.15, -0.1) is 0 Å². The summed E-state index contributed by atoms with van der Waals surface area (Å²) in [6, 6.07) is 3.75. The lowest BCUT2D eigenvalue weighted by Gasteiger charge is -2.36. The minimum atomic E-state index is 0.0712. The van der Waals surface area contributed by atoms with E-state index in [0.717, 1.165) is 68.0 Å². The van der Waals surface area contributed by atoms with Gasteiger partial charge in [0.05, 0.1) is 18.3 Å². The molecule has 1 atom stereocenters. The summed E-state index contributed by atoms with van der Waals surface area (Å²) in [6.07, 6.45) is 11.3. The minimum Gasteiger partial charge on any atom is -0.373 e. The van der Waals surface area contributed by atoms with Gasteiger partial charge in [-0.3, -0.25) is 0 Å². The van der Waals surface area contributed by atoms with Gasteiger partial charge < -0.3 is 15.1 Å². The number of aromatic nitrogens is 6. The smallest absolute Gasteiger partial charge is 0.225 e. The minimum absolute atomic E-state index is 0.0712. The van der Waals surface area contributed by atoms with Gasteiger partial charge in [0.2, 0.25) is 11.9 Å². The van der Waals surface area contributed by atoms with Crippen molar-refractivity contribution >= 4 is 17.7 Å². The molecule has 1 unspecified atom stereocenters. The van der Waals surface area contributed by atoms with Crippen LogP contribution in [-0.4, -0.2) is 50.0 Å². The molecule has 0 aromatic carbocycles. The Balaban J connectivity index is 1.50. The van der Waals surface area contributed by atoms with Crippen LogP contribution < -0.4 is 15.1 Å². The summed E-state index contributed by atoms with van der Waals surface area (Å²) in [5.41, 5.74) is 2.23. The summed E-state index contributed by atoms with van der Waals surface area (Å²) in [6.45, 7) is 2.44. The summed E-state index contributed by atoms with van der Waals surface area (Å²) in [5, 5.41) is 3.29. The van der Waals surface area contributed by atoms with Crippen LogP contribution in [0.4, 0.5) is 17.7 Å². The van der Waals surface area contributed by atoms with Gasteiger partial charge in [-0.2, -0.15) is 0 Å². The van der Waals surface area contributed by atoms with Gasteiger partial charge >= 0.3 is 0 Å². The average Bonchev–Trinajstić information content (AvgIpc) is 2.84. The highest BCUT2D eigenvalue weighted by Crippen LogP contribution is 2.34. The third-order valence-electron chi connectivity index (χ3n) is 5.76. The lowest BCUT2D eigenvalue weighted by Crippen LogP contribution is -2.37. The average molecular weight is 403 g/mol. The molecule has 0 aliphatic carbocycles. The monoisotopic (exact) mass is 403 g/mol. The molecule has 1 N–H and O–H groups in total. The highest BCUT2D eigenvalue weighted by Gasteiger charge is 2.31. The van der Waals surface area contributed by atoms with Gasteiger partial charge in [0, 0.05) is 50.5 Å². The topological polar surface area (TPSA) is 95.9 Å². The maximum atomic E-state index is 5.05. The number of nitrogens with one attached hydrogen (secondary N) is 1. The number of nitrogens with zero attached hydrogens (tertiary/aromatic N) is 8. The first-order valence-electron chi connectivity index (χ1n) is 10.5. The molecule has 0 spiro atoms. The zero-order valence-electron chi connectivity index (χ0n) is 17.1. The van der Waals surface area contributed by atoms with Crippen LogP contribution in [0.3, 0.4) is 0 Å². The van der Waals surface area contributed by atoms with Crippen LogP contribution in [0, 0.1) is 0 Å². The molecule has 0 radical (unpaired) electrons. The molecule has 30 heavy (non-hydrogen) atoms. The van der Waals surface area contributed by atoms with Crippen molar-refractivity contribution in [2.45, 2.75) is 38.3 Å². The van der Waals surface area contributed by atoms with Crippen molar-refractivity contribution < 1.29 is 0 Å². The van der Waals surface area contributed by atoms with Crippen molar-refractivity contribution in [1.82, 2.24) is 29.9 Å². The molecular weight excluding hydrogens is 378 g/mol. The quantitative estimate of drug-likeness (QED) is 0.704. The third kappa shape index (κ3) is 3.51. The Morgan fingerprint density at radius 3 is 2.37 bits per heavy atom. The van der Waals surface area contributed by atoms with Crippen LogP contribution in [0.2, 0.25) is 0 Å². The maximum Gasteiger partial charge on any atom is 0.225 e. The summed E-state index contributed by atoms with van der Waals surface area (Å²) in [4.78, 5) is 32.2. The molecule has 2 aliphatic heterocycles. The fourth-order valence-electron chi connectivity index (χ4n) is 4.31. The Bertz CT molecular complexity index is 996. The molecule has 5 rings (SSSR count). The Morgan fingerprint density at radius 2 is 1.63 bits per heavy atom. The number of hydrogen-bond acceptors (Lipinski definition) is 9. The summed E-state index contributed by atoms with van der Waals surface area (Å²) in [7, 11) is 1.93. The molecule has 1 saturated heterocycles. The van der Waals surface area contributed by atoms with Gasteiger partial charge in [0.25, 0.3) is 0 Å².